The Morgan fingerprint density at radius 2 is 1.78 bits per heavy atom. The van der Waals surface area contributed by atoms with Crippen LogP contribution in [0.1, 0.15) is 17.3 Å². The Hall–Kier alpha value is -2.44. The van der Waals surface area contributed by atoms with Crippen LogP contribution in [0, 0.1) is 5.82 Å². The maximum Gasteiger partial charge on any atom is 0.159 e. The number of rotatable bonds is 7. The number of aliphatic hydroxyl groups excluding tert-OH is 1. The van der Waals surface area contributed by atoms with E-state index in [0.29, 0.717) is 17.9 Å². The number of hydrogen-bond acceptors (Lipinski definition) is 4. The number of nitrogens with zero attached hydrogens (tertiary/aromatic N) is 1. The van der Waals surface area contributed by atoms with E-state index in [4.69, 9.17) is 4.74 Å². The number of aliphatic hydroxyl groups is 1. The highest BCUT2D eigenvalue weighted by Crippen LogP contribution is 2.15. The number of anilines is 1. The predicted octanol–water partition coefficient (Wildman–Crippen LogP) is 1.17. The minimum atomic E-state index is -0.551. The summed E-state index contributed by atoms with van der Waals surface area (Å²) < 4.78 is 18.7. The highest BCUT2D eigenvalue weighted by molar-refractivity contribution is 5.94. The molecule has 0 bridgehead atoms. The van der Waals surface area contributed by atoms with E-state index in [1.165, 1.54) is 24.0 Å². The van der Waals surface area contributed by atoms with Crippen LogP contribution in [0.15, 0.2) is 48.5 Å². The topological polar surface area (TPSA) is 54.2 Å². The van der Waals surface area contributed by atoms with Crippen LogP contribution in [0.3, 0.4) is 0 Å². The predicted molar refractivity (Wildman–Crippen MR) is 102 cm³/mol. The molecule has 0 saturated carbocycles. The van der Waals surface area contributed by atoms with Crippen molar-refractivity contribution in [2.45, 2.75) is 13.0 Å². The molecule has 2 N–H and O–H groups in total. The smallest absolute Gasteiger partial charge is 0.159 e. The van der Waals surface area contributed by atoms with Crippen molar-refractivity contribution in [2.24, 2.45) is 0 Å². The van der Waals surface area contributed by atoms with Gasteiger partial charge in [0.25, 0.3) is 0 Å². The fourth-order valence-electron chi connectivity index (χ4n) is 3.31. The minimum Gasteiger partial charge on any atom is -0.491 e. The van der Waals surface area contributed by atoms with Gasteiger partial charge in [-0.25, -0.2) is 4.39 Å². The molecule has 5 nitrogen and oxygen atoms in total. The number of halogens is 1. The molecule has 1 heterocycles. The molecule has 1 saturated heterocycles. The molecule has 0 radical (unpaired) electrons. The van der Waals surface area contributed by atoms with Gasteiger partial charge in [0.05, 0.1) is 26.2 Å². The number of benzene rings is 2. The first kappa shape index (κ1) is 19.3. The van der Waals surface area contributed by atoms with E-state index >= 15 is 0 Å². The lowest BCUT2D eigenvalue weighted by Crippen LogP contribution is -3.16. The summed E-state index contributed by atoms with van der Waals surface area (Å²) in [5.74, 6) is 0.446. The van der Waals surface area contributed by atoms with E-state index in [1.807, 2.05) is 0 Å². The normalized spacial score (nSPS) is 16.2. The minimum absolute atomic E-state index is 0.0185. The average Bonchev–Trinajstić information content (AvgIpc) is 2.68. The monoisotopic (exact) mass is 373 g/mol. The van der Waals surface area contributed by atoms with Crippen LogP contribution < -0.4 is 14.5 Å². The van der Waals surface area contributed by atoms with E-state index < -0.39 is 6.10 Å². The quantitative estimate of drug-likeness (QED) is 0.716. The van der Waals surface area contributed by atoms with Crippen LogP contribution in [-0.4, -0.2) is 56.3 Å². The highest BCUT2D eigenvalue weighted by atomic mass is 19.1. The summed E-state index contributed by atoms with van der Waals surface area (Å²) in [6.07, 6.45) is -0.551. The van der Waals surface area contributed by atoms with Crippen molar-refractivity contribution in [2.75, 3.05) is 44.2 Å². The second-order valence-electron chi connectivity index (χ2n) is 6.96. The number of carbonyl (C=O) groups is 1. The van der Waals surface area contributed by atoms with Crippen molar-refractivity contribution in [3.63, 3.8) is 0 Å². The van der Waals surface area contributed by atoms with Gasteiger partial charge in [0.2, 0.25) is 0 Å². The number of ketones is 1. The molecule has 1 aliphatic heterocycles. The molecule has 6 heteroatoms. The van der Waals surface area contributed by atoms with E-state index in [2.05, 4.69) is 4.90 Å². The SMILES string of the molecule is CC(=O)c1ccc(OC[C@H](O)C[NH+]2CCN(c3ccc(F)cc3)CC2)cc1. The number of quaternary nitrogens is 1. The van der Waals surface area contributed by atoms with Gasteiger partial charge in [-0.3, -0.25) is 4.79 Å². The average molecular weight is 373 g/mol. The maximum atomic E-state index is 13.0. The fourth-order valence-corrected chi connectivity index (χ4v) is 3.31. The van der Waals surface area contributed by atoms with E-state index in [-0.39, 0.29) is 18.2 Å². The third-order valence-corrected chi connectivity index (χ3v) is 4.89. The largest absolute Gasteiger partial charge is 0.491 e. The van der Waals surface area contributed by atoms with Crippen molar-refractivity contribution in [1.29, 1.82) is 0 Å². The second-order valence-corrected chi connectivity index (χ2v) is 6.96. The van der Waals surface area contributed by atoms with Crippen LogP contribution in [0.4, 0.5) is 10.1 Å². The van der Waals surface area contributed by atoms with Gasteiger partial charge in [-0.15, -0.1) is 0 Å². The molecule has 27 heavy (non-hydrogen) atoms. The standard InChI is InChI=1S/C21H25FN2O3/c1-16(25)17-2-8-21(9-3-17)27-15-20(26)14-23-10-12-24(13-11-23)19-6-4-18(22)5-7-19/h2-9,20,26H,10-15H2,1H3/p+1/t20-/m1/s1. The van der Waals surface area contributed by atoms with Crippen molar-refractivity contribution in [3.05, 3.63) is 59.9 Å². The lowest BCUT2D eigenvalue weighted by Gasteiger charge is -2.34. The Bertz CT molecular complexity index is 741. The van der Waals surface area contributed by atoms with Gasteiger partial charge in [0, 0.05) is 11.3 Å². The summed E-state index contributed by atoms with van der Waals surface area (Å²) in [5.41, 5.74) is 1.68. The van der Waals surface area contributed by atoms with Crippen molar-refractivity contribution in [3.8, 4) is 5.75 Å². The molecule has 1 fully saturated rings. The van der Waals surface area contributed by atoms with Gasteiger partial charge in [-0.05, 0) is 55.5 Å². The van der Waals surface area contributed by atoms with Gasteiger partial charge >= 0.3 is 0 Å². The maximum absolute atomic E-state index is 13.0. The molecule has 2 aromatic carbocycles. The van der Waals surface area contributed by atoms with E-state index in [1.54, 1.807) is 36.4 Å². The van der Waals surface area contributed by atoms with Gasteiger partial charge in [0.15, 0.2) is 5.78 Å². The molecular formula is C21H26FN2O3+. The number of nitrogens with one attached hydrogen (secondary N) is 1. The number of ether oxygens (including phenoxy) is 1. The Balaban J connectivity index is 1.40. The molecule has 0 spiro atoms. The molecule has 0 amide bonds. The number of Topliss-reactive ketones (excluding diaryl/α,β-unsaturated/α-hetero) is 1. The van der Waals surface area contributed by atoms with Crippen molar-refractivity contribution in [1.82, 2.24) is 0 Å². The Kier molecular flexibility index (Phi) is 6.42. The zero-order chi connectivity index (χ0) is 19.2. The third kappa shape index (κ3) is 5.52. The van der Waals surface area contributed by atoms with Crippen LogP contribution >= 0.6 is 0 Å². The van der Waals surface area contributed by atoms with Crippen LogP contribution in [0.25, 0.3) is 0 Å². The second kappa shape index (κ2) is 8.97. The Morgan fingerprint density at radius 3 is 2.37 bits per heavy atom. The summed E-state index contributed by atoms with van der Waals surface area (Å²) in [5, 5.41) is 10.3. The van der Waals surface area contributed by atoms with E-state index in [0.717, 1.165) is 31.9 Å². The lowest BCUT2D eigenvalue weighted by molar-refractivity contribution is -0.903. The number of piperazine rings is 1. The molecule has 0 aliphatic carbocycles. The summed E-state index contributed by atoms with van der Waals surface area (Å²) >= 11 is 0. The first-order chi connectivity index (χ1) is 13.0. The van der Waals surface area contributed by atoms with Crippen molar-refractivity contribution < 1.29 is 23.9 Å². The fraction of sp³-hybridized carbons (Fsp3) is 0.381. The molecular weight excluding hydrogens is 347 g/mol. The molecule has 3 rings (SSSR count). The summed E-state index contributed by atoms with van der Waals surface area (Å²) in [7, 11) is 0. The molecule has 1 atom stereocenters. The van der Waals surface area contributed by atoms with Crippen molar-refractivity contribution >= 4 is 11.5 Å². The molecule has 2 aromatic rings. The molecule has 0 unspecified atom stereocenters. The number of carbonyl (C=O) groups excluding carboxylic acids is 1. The highest BCUT2D eigenvalue weighted by Gasteiger charge is 2.23. The molecule has 1 aliphatic rings. The molecule has 144 valence electrons. The Morgan fingerprint density at radius 1 is 1.15 bits per heavy atom. The van der Waals surface area contributed by atoms with Crippen LogP contribution in [-0.2, 0) is 0 Å². The van der Waals surface area contributed by atoms with Gasteiger partial charge in [0.1, 0.15) is 30.8 Å². The van der Waals surface area contributed by atoms with Gasteiger partial charge < -0.3 is 19.6 Å². The Labute approximate surface area is 159 Å². The van der Waals surface area contributed by atoms with Gasteiger partial charge in [-0.2, -0.15) is 0 Å². The summed E-state index contributed by atoms with van der Waals surface area (Å²) in [4.78, 5) is 14.8. The first-order valence-corrected chi connectivity index (χ1v) is 9.27. The van der Waals surface area contributed by atoms with Crippen LogP contribution in [0.2, 0.25) is 0 Å². The lowest BCUT2D eigenvalue weighted by atomic mass is 10.1. The number of hydrogen-bond donors (Lipinski definition) is 2. The summed E-state index contributed by atoms with van der Waals surface area (Å²) in [6.45, 7) is 5.97. The zero-order valence-electron chi connectivity index (χ0n) is 15.5. The van der Waals surface area contributed by atoms with Crippen LogP contribution in [0.5, 0.6) is 5.75 Å². The first-order valence-electron chi connectivity index (χ1n) is 9.27. The van der Waals surface area contributed by atoms with Gasteiger partial charge in [-0.1, -0.05) is 0 Å². The third-order valence-electron chi connectivity index (χ3n) is 4.89. The zero-order valence-corrected chi connectivity index (χ0v) is 15.5. The van der Waals surface area contributed by atoms with E-state index in [9.17, 15) is 14.3 Å². The summed E-state index contributed by atoms with van der Waals surface area (Å²) in [6, 6.07) is 13.5. The molecule has 0 aromatic heterocycles.